The molecule has 2 aliphatic heterocycles. The van der Waals surface area contributed by atoms with Crippen molar-refractivity contribution >= 4 is 35.4 Å². The van der Waals surface area contributed by atoms with Crippen molar-refractivity contribution in [2.24, 2.45) is 0 Å². The maximum atomic E-state index is 2.52. The van der Waals surface area contributed by atoms with Crippen molar-refractivity contribution in [1.29, 1.82) is 0 Å². The molecule has 0 saturated heterocycles. The minimum absolute atomic E-state index is 0. The normalized spacial score (nSPS) is 16.1. The molecular formula is C31H35Cl2SSiZr. The molecule has 1 atom stereocenters. The van der Waals surface area contributed by atoms with Crippen LogP contribution in [0.25, 0.3) is 27.1 Å². The summed E-state index contributed by atoms with van der Waals surface area (Å²) in [6.45, 7) is 14.0. The van der Waals surface area contributed by atoms with E-state index < -0.39 is 8.07 Å². The molecule has 0 spiro atoms. The number of rotatable bonds is 4. The molecule has 1 aliphatic carbocycles. The van der Waals surface area contributed by atoms with Gasteiger partial charge in [-0.3, -0.25) is 0 Å². The molecular weight excluding hydrogens is 595 g/mol. The smallest absolute Gasteiger partial charge is 1.00 e. The number of aryl methyl sites for hydroxylation is 3. The van der Waals surface area contributed by atoms with E-state index in [1.807, 2.05) is 11.3 Å². The third-order valence-corrected chi connectivity index (χ3v) is 13.0. The van der Waals surface area contributed by atoms with E-state index in [0.29, 0.717) is 0 Å². The van der Waals surface area contributed by atoms with Crippen LogP contribution in [0.4, 0.5) is 0 Å². The molecule has 2 bridgehead atoms. The van der Waals surface area contributed by atoms with Crippen molar-refractivity contribution in [2.75, 3.05) is 0 Å². The molecule has 36 heavy (non-hydrogen) atoms. The molecule has 0 fully saturated rings. The summed E-state index contributed by atoms with van der Waals surface area (Å²) in [5.41, 5.74) is 9.66. The minimum atomic E-state index is -0.995. The van der Waals surface area contributed by atoms with Crippen LogP contribution in [0, 0.1) is 13.8 Å². The SMILES string of the molecule is CC1=C2c3cc(C)sc3C1[Si]2(C)C.CCCCc1ccc(-c2cccc3[cH-]c(C)cc23)cc1.[Cl-].[Cl-].[Zr+3]. The van der Waals surface area contributed by atoms with E-state index in [1.54, 1.807) is 21.2 Å². The van der Waals surface area contributed by atoms with Crippen molar-refractivity contribution in [2.45, 2.75) is 65.6 Å². The molecule has 0 N–H and O–H groups in total. The second-order valence-corrected chi connectivity index (χ2v) is 16.3. The minimum Gasteiger partial charge on any atom is -1.00 e. The Bertz CT molecular complexity index is 1360. The van der Waals surface area contributed by atoms with Crippen molar-refractivity contribution < 1.29 is 51.0 Å². The molecule has 3 aromatic carbocycles. The molecule has 7 rings (SSSR count). The van der Waals surface area contributed by atoms with E-state index in [0.717, 1.165) is 5.54 Å². The Balaban J connectivity index is 0.000000250. The molecule has 4 aromatic rings. The van der Waals surface area contributed by atoms with Crippen molar-refractivity contribution in [3.05, 3.63) is 92.7 Å². The molecule has 3 heterocycles. The topological polar surface area (TPSA) is 0 Å². The Morgan fingerprint density at radius 2 is 1.61 bits per heavy atom. The summed E-state index contributed by atoms with van der Waals surface area (Å²) >= 11 is 2.03. The van der Waals surface area contributed by atoms with E-state index >= 15 is 0 Å². The molecule has 5 heteroatoms. The molecule has 1 aromatic heterocycles. The maximum Gasteiger partial charge on any atom is 3.00 e. The molecule has 187 valence electrons. The van der Waals surface area contributed by atoms with Gasteiger partial charge in [-0.1, -0.05) is 80.0 Å². The molecule has 0 amide bonds. The summed E-state index contributed by atoms with van der Waals surface area (Å²) in [6.07, 6.45) is 3.72. The Kier molecular flexibility index (Phi) is 10.8. The number of thiophene rings is 1. The van der Waals surface area contributed by atoms with E-state index in [9.17, 15) is 0 Å². The van der Waals surface area contributed by atoms with Crippen LogP contribution in [0.5, 0.6) is 0 Å². The van der Waals surface area contributed by atoms with Gasteiger partial charge < -0.3 is 24.8 Å². The Hall–Kier alpha value is -0.830. The second-order valence-electron chi connectivity index (χ2n) is 10.5. The summed E-state index contributed by atoms with van der Waals surface area (Å²) in [5.74, 6) is 0. The number of unbranched alkanes of at least 4 members (excludes halogenated alkanes) is 1. The molecule has 0 saturated carbocycles. The van der Waals surface area contributed by atoms with Crippen LogP contribution in [-0.4, -0.2) is 8.07 Å². The maximum absolute atomic E-state index is 2.52. The standard InChI is InChI=1S/C20H21.C11H14SSi.2ClH.Zr/c1-3-4-6-16-9-11-17(12-10-16)19-8-5-7-18-13-15(2)14-20(18)19;1-6-5-8-9(12-6)11-7(2)10(8)13(11,3)4;;;/h5,7-14H,3-4,6H2,1-2H3;5,11H,1-4H3;2*1H;/q-1;;;;+3/p-2. The average Bonchev–Trinajstić information content (AvgIpc) is 3.46. The first-order chi connectivity index (χ1) is 15.8. The summed E-state index contributed by atoms with van der Waals surface area (Å²) < 4.78 is 0. The second kappa shape index (κ2) is 12.4. The van der Waals surface area contributed by atoms with Crippen molar-refractivity contribution in [1.82, 2.24) is 0 Å². The predicted molar refractivity (Wildman–Crippen MR) is 150 cm³/mol. The van der Waals surface area contributed by atoms with E-state index in [2.05, 4.69) is 101 Å². The van der Waals surface area contributed by atoms with E-state index in [4.69, 9.17) is 0 Å². The quantitative estimate of drug-likeness (QED) is 0.239. The monoisotopic (exact) mass is 627 g/mol. The zero-order valence-corrected chi connectivity index (χ0v) is 27.9. The third-order valence-electron chi connectivity index (χ3n) is 7.59. The van der Waals surface area contributed by atoms with Gasteiger partial charge in [0.15, 0.2) is 0 Å². The van der Waals surface area contributed by atoms with E-state index in [-0.39, 0.29) is 51.0 Å². The summed E-state index contributed by atoms with van der Waals surface area (Å²) in [7, 11) is -0.995. The molecule has 1 radical (unpaired) electrons. The first kappa shape index (κ1) is 31.4. The van der Waals surface area contributed by atoms with Gasteiger partial charge in [0, 0.05) is 15.3 Å². The van der Waals surface area contributed by atoms with Gasteiger partial charge in [-0.15, -0.1) is 45.9 Å². The predicted octanol–water partition coefficient (Wildman–Crippen LogP) is 3.61. The Labute approximate surface area is 253 Å². The first-order valence-electron chi connectivity index (χ1n) is 12.4. The molecule has 1 unspecified atom stereocenters. The van der Waals surface area contributed by atoms with Gasteiger partial charge in [-0.2, -0.15) is 6.07 Å². The first-order valence-corrected chi connectivity index (χ1v) is 16.3. The molecule has 0 nitrogen and oxygen atoms in total. The number of fused-ring (bicyclic) bond motifs is 1. The van der Waals surface area contributed by atoms with Gasteiger partial charge in [0.05, 0.1) is 8.07 Å². The van der Waals surface area contributed by atoms with Gasteiger partial charge >= 0.3 is 26.2 Å². The number of hydrogen-bond donors (Lipinski definition) is 0. The number of halogens is 2. The van der Waals surface area contributed by atoms with Crippen molar-refractivity contribution in [3.63, 3.8) is 0 Å². The van der Waals surface area contributed by atoms with Crippen LogP contribution in [0.15, 0.2) is 66.2 Å². The van der Waals surface area contributed by atoms with Crippen LogP contribution < -0.4 is 24.8 Å². The van der Waals surface area contributed by atoms with Gasteiger partial charge in [0.25, 0.3) is 0 Å². The zero-order valence-electron chi connectivity index (χ0n) is 22.1. The number of hydrogen-bond acceptors (Lipinski definition) is 1. The van der Waals surface area contributed by atoms with Crippen LogP contribution in [0.3, 0.4) is 0 Å². The van der Waals surface area contributed by atoms with E-state index in [1.165, 1.54) is 57.2 Å². The zero-order chi connectivity index (χ0) is 23.3. The fourth-order valence-corrected chi connectivity index (χ4v) is 12.6. The van der Waals surface area contributed by atoms with Crippen molar-refractivity contribution in [3.8, 4) is 11.1 Å². The van der Waals surface area contributed by atoms with Crippen LogP contribution in [0.2, 0.25) is 13.1 Å². The largest absolute Gasteiger partial charge is 3.00 e. The Morgan fingerprint density at radius 1 is 0.917 bits per heavy atom. The van der Waals surface area contributed by atoms with Gasteiger partial charge in [-0.25, -0.2) is 0 Å². The van der Waals surface area contributed by atoms with Crippen LogP contribution in [-0.2, 0) is 32.6 Å². The van der Waals surface area contributed by atoms with Gasteiger partial charge in [0.2, 0.25) is 0 Å². The average molecular weight is 630 g/mol. The molecule has 3 aliphatic rings. The van der Waals surface area contributed by atoms with Gasteiger partial charge in [0.1, 0.15) is 0 Å². The third kappa shape index (κ3) is 5.48. The van der Waals surface area contributed by atoms with Crippen LogP contribution in [0.1, 0.15) is 58.7 Å². The summed E-state index contributed by atoms with van der Waals surface area (Å²) in [4.78, 5) is 3.19. The number of benzene rings is 2. The fraction of sp³-hybridized carbons (Fsp3) is 0.323. The van der Waals surface area contributed by atoms with Crippen LogP contribution >= 0.6 is 11.3 Å². The number of allylic oxidation sites excluding steroid dienone is 1. The fourth-order valence-electron chi connectivity index (χ4n) is 6.15. The summed E-state index contributed by atoms with van der Waals surface area (Å²) in [5, 5.41) is 4.48. The Morgan fingerprint density at radius 3 is 2.22 bits per heavy atom. The summed E-state index contributed by atoms with van der Waals surface area (Å²) in [6, 6.07) is 22.6. The van der Waals surface area contributed by atoms with Gasteiger partial charge in [-0.05, 0) is 49.4 Å².